The number of carboxylic acids is 1. The molecule has 1 aromatic rings. The maximum Gasteiger partial charge on any atom is 0.326 e. The molecule has 20 heavy (non-hydrogen) atoms. The van der Waals surface area contributed by atoms with E-state index in [9.17, 15) is 14.7 Å². The first-order chi connectivity index (χ1) is 9.61. The SMILES string of the molecule is COc1ccc(N[C@H](C(=O)O)[C@H]2CCCCC2=O)cc1. The van der Waals surface area contributed by atoms with Crippen molar-refractivity contribution in [3.05, 3.63) is 24.3 Å². The zero-order valence-corrected chi connectivity index (χ0v) is 11.5. The predicted octanol–water partition coefficient (Wildman–Crippen LogP) is 2.32. The molecule has 0 spiro atoms. The first-order valence-corrected chi connectivity index (χ1v) is 6.78. The van der Waals surface area contributed by atoms with Crippen LogP contribution in [0.15, 0.2) is 24.3 Å². The van der Waals surface area contributed by atoms with E-state index in [-0.39, 0.29) is 5.78 Å². The number of hydrogen-bond acceptors (Lipinski definition) is 4. The van der Waals surface area contributed by atoms with Gasteiger partial charge in [0.15, 0.2) is 0 Å². The maximum absolute atomic E-state index is 11.9. The molecule has 2 N–H and O–H groups in total. The smallest absolute Gasteiger partial charge is 0.326 e. The first-order valence-electron chi connectivity index (χ1n) is 6.78. The Kier molecular flexibility index (Phi) is 4.61. The summed E-state index contributed by atoms with van der Waals surface area (Å²) in [5.74, 6) is -0.676. The fraction of sp³-hybridized carbons (Fsp3) is 0.467. The van der Waals surface area contributed by atoms with Gasteiger partial charge in [0.1, 0.15) is 17.6 Å². The third-order valence-corrected chi connectivity index (χ3v) is 3.68. The van der Waals surface area contributed by atoms with Crippen LogP contribution in [0, 0.1) is 5.92 Å². The molecule has 0 amide bonds. The molecule has 0 aromatic heterocycles. The molecule has 0 aliphatic heterocycles. The number of Topliss-reactive ketones (excluding diaryl/α,β-unsaturated/α-hetero) is 1. The molecule has 0 radical (unpaired) electrons. The Morgan fingerprint density at radius 1 is 1.35 bits per heavy atom. The van der Waals surface area contributed by atoms with Crippen molar-refractivity contribution in [2.24, 2.45) is 5.92 Å². The fourth-order valence-electron chi connectivity index (χ4n) is 2.56. The predicted molar refractivity (Wildman–Crippen MR) is 75.0 cm³/mol. The molecule has 0 unspecified atom stereocenters. The number of rotatable bonds is 5. The second kappa shape index (κ2) is 6.41. The van der Waals surface area contributed by atoms with Gasteiger partial charge in [0.05, 0.1) is 7.11 Å². The van der Waals surface area contributed by atoms with E-state index in [2.05, 4.69) is 5.32 Å². The van der Waals surface area contributed by atoms with Gasteiger partial charge in [-0.25, -0.2) is 4.79 Å². The van der Waals surface area contributed by atoms with Gasteiger partial charge in [-0.05, 0) is 37.1 Å². The molecule has 2 rings (SSSR count). The lowest BCUT2D eigenvalue weighted by atomic mass is 9.82. The Morgan fingerprint density at radius 2 is 2.05 bits per heavy atom. The Hall–Kier alpha value is -2.04. The van der Waals surface area contributed by atoms with Crippen molar-refractivity contribution in [3.8, 4) is 5.75 Å². The molecule has 0 saturated heterocycles. The minimum absolute atomic E-state index is 0.0460. The largest absolute Gasteiger partial charge is 0.497 e. The van der Waals surface area contributed by atoms with Gasteiger partial charge in [0.25, 0.3) is 0 Å². The van der Waals surface area contributed by atoms with Crippen molar-refractivity contribution in [2.75, 3.05) is 12.4 Å². The van der Waals surface area contributed by atoms with Gasteiger partial charge in [0.2, 0.25) is 0 Å². The van der Waals surface area contributed by atoms with Crippen molar-refractivity contribution in [2.45, 2.75) is 31.7 Å². The molecule has 1 saturated carbocycles. The summed E-state index contributed by atoms with van der Waals surface area (Å²) < 4.78 is 5.06. The van der Waals surface area contributed by atoms with Crippen LogP contribution in [0.1, 0.15) is 25.7 Å². The third-order valence-electron chi connectivity index (χ3n) is 3.68. The number of ether oxygens (including phenoxy) is 1. The summed E-state index contributed by atoms with van der Waals surface area (Å²) in [5, 5.41) is 12.3. The van der Waals surface area contributed by atoms with Gasteiger partial charge in [-0.15, -0.1) is 0 Å². The van der Waals surface area contributed by atoms with Crippen molar-refractivity contribution in [1.82, 2.24) is 0 Å². The number of anilines is 1. The average Bonchev–Trinajstić information content (AvgIpc) is 2.46. The lowest BCUT2D eigenvalue weighted by Gasteiger charge is -2.27. The summed E-state index contributed by atoms with van der Waals surface area (Å²) in [6.45, 7) is 0. The summed E-state index contributed by atoms with van der Waals surface area (Å²) in [4.78, 5) is 23.3. The molecule has 2 atom stereocenters. The van der Waals surface area contributed by atoms with Crippen molar-refractivity contribution < 1.29 is 19.4 Å². The number of methoxy groups -OCH3 is 1. The minimum atomic E-state index is -0.985. The topological polar surface area (TPSA) is 75.6 Å². The Morgan fingerprint density at radius 3 is 2.60 bits per heavy atom. The molecular formula is C15H19NO4. The zero-order valence-electron chi connectivity index (χ0n) is 11.5. The second-order valence-electron chi connectivity index (χ2n) is 5.01. The van der Waals surface area contributed by atoms with E-state index in [1.807, 2.05) is 0 Å². The molecule has 1 fully saturated rings. The second-order valence-corrected chi connectivity index (χ2v) is 5.01. The molecule has 108 valence electrons. The van der Waals surface area contributed by atoms with E-state index in [0.29, 0.717) is 24.3 Å². The van der Waals surface area contributed by atoms with E-state index in [1.165, 1.54) is 0 Å². The Bertz CT molecular complexity index is 483. The molecule has 1 aromatic carbocycles. The number of carbonyl (C=O) groups excluding carboxylic acids is 1. The molecule has 0 heterocycles. The highest BCUT2D eigenvalue weighted by molar-refractivity contribution is 5.90. The maximum atomic E-state index is 11.9. The number of aliphatic carboxylic acids is 1. The van der Waals surface area contributed by atoms with Crippen LogP contribution >= 0.6 is 0 Å². The summed E-state index contributed by atoms with van der Waals surface area (Å²) in [5.41, 5.74) is 0.677. The quantitative estimate of drug-likeness (QED) is 0.863. The number of benzene rings is 1. The van der Waals surface area contributed by atoms with Gasteiger partial charge in [-0.2, -0.15) is 0 Å². The van der Waals surface area contributed by atoms with Gasteiger partial charge in [-0.1, -0.05) is 6.42 Å². The van der Waals surface area contributed by atoms with E-state index in [0.717, 1.165) is 12.8 Å². The number of nitrogens with one attached hydrogen (secondary N) is 1. The Labute approximate surface area is 117 Å². The van der Waals surface area contributed by atoms with Crippen molar-refractivity contribution >= 4 is 17.4 Å². The summed E-state index contributed by atoms with van der Waals surface area (Å²) in [6.07, 6.45) is 2.90. The van der Waals surface area contributed by atoms with E-state index < -0.39 is 17.9 Å². The number of ketones is 1. The normalized spacial score (nSPS) is 20.2. The van der Waals surface area contributed by atoms with Crippen LogP contribution in [-0.2, 0) is 9.59 Å². The third kappa shape index (κ3) is 3.29. The van der Waals surface area contributed by atoms with Gasteiger partial charge < -0.3 is 15.2 Å². The fourth-order valence-corrected chi connectivity index (χ4v) is 2.56. The van der Waals surface area contributed by atoms with Crippen LogP contribution in [0.2, 0.25) is 0 Å². The molecule has 5 nitrogen and oxygen atoms in total. The molecule has 1 aliphatic rings. The van der Waals surface area contributed by atoms with Crippen LogP contribution in [0.3, 0.4) is 0 Å². The molecule has 0 bridgehead atoms. The molecule has 1 aliphatic carbocycles. The van der Waals surface area contributed by atoms with E-state index in [1.54, 1.807) is 31.4 Å². The Balaban J connectivity index is 2.12. The first kappa shape index (κ1) is 14.4. The van der Waals surface area contributed by atoms with Crippen LogP contribution in [0.4, 0.5) is 5.69 Å². The monoisotopic (exact) mass is 277 g/mol. The average molecular weight is 277 g/mol. The number of carbonyl (C=O) groups is 2. The summed E-state index contributed by atoms with van der Waals surface area (Å²) >= 11 is 0. The molecule has 5 heteroatoms. The number of hydrogen-bond donors (Lipinski definition) is 2. The van der Waals surface area contributed by atoms with Crippen molar-refractivity contribution in [1.29, 1.82) is 0 Å². The van der Waals surface area contributed by atoms with Gasteiger partial charge in [0, 0.05) is 18.0 Å². The lowest BCUT2D eigenvalue weighted by molar-refractivity contribution is -0.142. The highest BCUT2D eigenvalue weighted by atomic mass is 16.5. The summed E-state index contributed by atoms with van der Waals surface area (Å²) in [7, 11) is 1.57. The lowest BCUT2D eigenvalue weighted by Crippen LogP contribution is -2.42. The standard InChI is InChI=1S/C15H19NO4/c1-20-11-8-6-10(7-9-11)16-14(15(18)19)12-4-2-3-5-13(12)17/h6-9,12,14,16H,2-5H2,1H3,(H,18,19)/t12-,14-/m0/s1. The van der Waals surface area contributed by atoms with Gasteiger partial charge >= 0.3 is 5.97 Å². The van der Waals surface area contributed by atoms with Crippen LogP contribution < -0.4 is 10.1 Å². The highest BCUT2D eigenvalue weighted by Gasteiger charge is 2.34. The minimum Gasteiger partial charge on any atom is -0.497 e. The van der Waals surface area contributed by atoms with Crippen LogP contribution in [0.5, 0.6) is 5.75 Å². The zero-order chi connectivity index (χ0) is 14.5. The van der Waals surface area contributed by atoms with Crippen LogP contribution in [-0.4, -0.2) is 30.0 Å². The van der Waals surface area contributed by atoms with Gasteiger partial charge in [-0.3, -0.25) is 4.79 Å². The van der Waals surface area contributed by atoms with Crippen LogP contribution in [0.25, 0.3) is 0 Å². The number of carboxylic acid groups (broad SMARTS) is 1. The highest BCUT2D eigenvalue weighted by Crippen LogP contribution is 2.26. The van der Waals surface area contributed by atoms with E-state index in [4.69, 9.17) is 4.74 Å². The summed E-state index contributed by atoms with van der Waals surface area (Å²) in [6, 6.07) is 6.15. The van der Waals surface area contributed by atoms with Crippen molar-refractivity contribution in [3.63, 3.8) is 0 Å². The van der Waals surface area contributed by atoms with E-state index >= 15 is 0 Å². The molecular weight excluding hydrogens is 258 g/mol.